The lowest BCUT2D eigenvalue weighted by molar-refractivity contribution is 0.727. The minimum absolute atomic E-state index is 0.953. The summed E-state index contributed by atoms with van der Waals surface area (Å²) in [6.07, 6.45) is 0. The summed E-state index contributed by atoms with van der Waals surface area (Å²) in [4.78, 5) is 1.40. The van der Waals surface area contributed by atoms with Crippen LogP contribution in [0.15, 0.2) is 29.6 Å². The Balaban J connectivity index is 2.36. The molecule has 0 amide bonds. The van der Waals surface area contributed by atoms with Gasteiger partial charge in [0.2, 0.25) is 0 Å². The Morgan fingerprint density at radius 1 is 1.12 bits per heavy atom. The molecule has 2 aromatic rings. The van der Waals surface area contributed by atoms with Crippen molar-refractivity contribution in [3.63, 3.8) is 0 Å². The monoisotopic (exact) mass is 245 g/mol. The molecule has 0 aliphatic rings. The molecule has 1 N–H and O–H groups in total. The fourth-order valence-electron chi connectivity index (χ4n) is 1.94. The van der Waals surface area contributed by atoms with Crippen LogP contribution in [-0.2, 0) is 6.54 Å². The largest absolute Gasteiger partial charge is 0.313 e. The Labute approximate surface area is 108 Å². The highest BCUT2D eigenvalue weighted by atomic mass is 32.1. The maximum absolute atomic E-state index is 3.37. The average molecular weight is 245 g/mol. The molecule has 17 heavy (non-hydrogen) atoms. The van der Waals surface area contributed by atoms with Crippen LogP contribution in [0.25, 0.3) is 10.4 Å². The number of hydrogen-bond donors (Lipinski definition) is 1. The van der Waals surface area contributed by atoms with Crippen molar-refractivity contribution >= 4 is 11.3 Å². The molecule has 0 unspecified atom stereocenters. The van der Waals surface area contributed by atoms with Crippen LogP contribution in [0.2, 0.25) is 0 Å². The lowest BCUT2D eigenvalue weighted by Gasteiger charge is -2.09. The van der Waals surface area contributed by atoms with Crippen molar-refractivity contribution in [2.45, 2.75) is 27.3 Å². The molecule has 1 aromatic heterocycles. The summed E-state index contributed by atoms with van der Waals surface area (Å²) in [5.41, 5.74) is 5.47. The highest BCUT2D eigenvalue weighted by Crippen LogP contribution is 2.32. The first kappa shape index (κ1) is 12.3. The van der Waals surface area contributed by atoms with E-state index in [4.69, 9.17) is 0 Å². The predicted octanol–water partition coefficient (Wildman–Crippen LogP) is 4.14. The Hall–Kier alpha value is -1.12. The first-order valence-electron chi connectivity index (χ1n) is 6.07. The Kier molecular flexibility index (Phi) is 3.97. The van der Waals surface area contributed by atoms with Gasteiger partial charge < -0.3 is 5.32 Å². The summed E-state index contributed by atoms with van der Waals surface area (Å²) >= 11 is 1.83. The highest BCUT2D eigenvalue weighted by Gasteiger charge is 2.07. The first-order chi connectivity index (χ1) is 8.22. The molecule has 1 nitrogen and oxygen atoms in total. The van der Waals surface area contributed by atoms with Crippen LogP contribution in [0, 0.1) is 13.8 Å². The molecule has 0 atom stereocenters. The Morgan fingerprint density at radius 2 is 1.94 bits per heavy atom. The summed E-state index contributed by atoms with van der Waals surface area (Å²) in [6.45, 7) is 8.47. The van der Waals surface area contributed by atoms with Gasteiger partial charge in [-0.25, -0.2) is 0 Å². The molecule has 0 saturated heterocycles. The number of benzene rings is 1. The van der Waals surface area contributed by atoms with Crippen LogP contribution in [0.3, 0.4) is 0 Å². The van der Waals surface area contributed by atoms with Crippen LogP contribution in [0.4, 0.5) is 0 Å². The molecular weight excluding hydrogens is 226 g/mol. The zero-order chi connectivity index (χ0) is 12.3. The third-order valence-corrected chi connectivity index (χ3v) is 4.04. The minimum atomic E-state index is 0.953. The SMILES string of the molecule is CCNCc1ccc(C)c(-c2sccc2C)c1. The molecule has 1 aromatic carbocycles. The number of thiophene rings is 1. The third kappa shape index (κ3) is 2.76. The van der Waals surface area contributed by atoms with Gasteiger partial charge in [-0.1, -0.05) is 19.1 Å². The molecule has 2 rings (SSSR count). The second kappa shape index (κ2) is 5.48. The smallest absolute Gasteiger partial charge is 0.0374 e. The van der Waals surface area contributed by atoms with Crippen molar-refractivity contribution in [3.8, 4) is 10.4 Å². The summed E-state index contributed by atoms with van der Waals surface area (Å²) in [5.74, 6) is 0. The van der Waals surface area contributed by atoms with E-state index in [1.165, 1.54) is 27.1 Å². The van der Waals surface area contributed by atoms with Gasteiger partial charge in [0.1, 0.15) is 0 Å². The third-order valence-electron chi connectivity index (χ3n) is 2.99. The highest BCUT2D eigenvalue weighted by molar-refractivity contribution is 7.13. The molecule has 0 saturated carbocycles. The average Bonchev–Trinajstić information content (AvgIpc) is 2.74. The van der Waals surface area contributed by atoms with Gasteiger partial charge in [-0.15, -0.1) is 11.3 Å². The van der Waals surface area contributed by atoms with E-state index in [-0.39, 0.29) is 0 Å². The summed E-state index contributed by atoms with van der Waals surface area (Å²) in [6, 6.07) is 8.94. The molecule has 0 aliphatic heterocycles. The van der Waals surface area contributed by atoms with Crippen molar-refractivity contribution in [1.82, 2.24) is 5.32 Å². The van der Waals surface area contributed by atoms with Gasteiger partial charge in [-0.05, 0) is 60.2 Å². The first-order valence-corrected chi connectivity index (χ1v) is 6.95. The van der Waals surface area contributed by atoms with Crippen molar-refractivity contribution in [1.29, 1.82) is 0 Å². The van der Waals surface area contributed by atoms with E-state index < -0.39 is 0 Å². The number of hydrogen-bond acceptors (Lipinski definition) is 2. The molecule has 2 heteroatoms. The summed E-state index contributed by atoms with van der Waals surface area (Å²) < 4.78 is 0. The van der Waals surface area contributed by atoms with Gasteiger partial charge >= 0.3 is 0 Å². The van der Waals surface area contributed by atoms with E-state index in [2.05, 4.69) is 55.7 Å². The zero-order valence-corrected chi connectivity index (χ0v) is 11.5. The molecular formula is C15H19NS. The second-order valence-electron chi connectivity index (χ2n) is 4.36. The number of aryl methyl sites for hydroxylation is 2. The van der Waals surface area contributed by atoms with Gasteiger partial charge in [0.25, 0.3) is 0 Å². The lowest BCUT2D eigenvalue weighted by Crippen LogP contribution is -2.11. The zero-order valence-electron chi connectivity index (χ0n) is 10.7. The molecule has 90 valence electrons. The molecule has 0 spiro atoms. The summed E-state index contributed by atoms with van der Waals surface area (Å²) in [7, 11) is 0. The number of rotatable bonds is 4. The molecule has 0 bridgehead atoms. The quantitative estimate of drug-likeness (QED) is 0.853. The van der Waals surface area contributed by atoms with Crippen LogP contribution in [0.1, 0.15) is 23.6 Å². The molecule has 0 fully saturated rings. The normalized spacial score (nSPS) is 10.8. The van der Waals surface area contributed by atoms with Gasteiger partial charge in [0, 0.05) is 11.4 Å². The van der Waals surface area contributed by atoms with Crippen LogP contribution < -0.4 is 5.32 Å². The lowest BCUT2D eigenvalue weighted by atomic mass is 10.0. The van der Waals surface area contributed by atoms with E-state index >= 15 is 0 Å². The molecule has 0 aliphatic carbocycles. The van der Waals surface area contributed by atoms with E-state index in [9.17, 15) is 0 Å². The predicted molar refractivity (Wildman–Crippen MR) is 76.6 cm³/mol. The van der Waals surface area contributed by atoms with Gasteiger partial charge in [-0.3, -0.25) is 0 Å². The Morgan fingerprint density at radius 3 is 2.59 bits per heavy atom. The maximum Gasteiger partial charge on any atom is 0.0374 e. The maximum atomic E-state index is 3.37. The second-order valence-corrected chi connectivity index (χ2v) is 5.28. The van der Waals surface area contributed by atoms with E-state index in [0.29, 0.717) is 0 Å². The van der Waals surface area contributed by atoms with Crippen LogP contribution >= 0.6 is 11.3 Å². The van der Waals surface area contributed by atoms with Crippen molar-refractivity contribution in [2.24, 2.45) is 0 Å². The van der Waals surface area contributed by atoms with Gasteiger partial charge in [0.05, 0.1) is 0 Å². The van der Waals surface area contributed by atoms with Crippen LogP contribution in [-0.4, -0.2) is 6.54 Å². The standard InChI is InChI=1S/C15H19NS/c1-4-16-10-13-6-5-11(2)14(9-13)15-12(3)7-8-17-15/h5-9,16H,4,10H2,1-3H3. The topological polar surface area (TPSA) is 12.0 Å². The molecule has 0 radical (unpaired) electrons. The van der Waals surface area contributed by atoms with E-state index in [0.717, 1.165) is 13.1 Å². The van der Waals surface area contributed by atoms with Gasteiger partial charge in [0.15, 0.2) is 0 Å². The van der Waals surface area contributed by atoms with E-state index in [1.54, 1.807) is 0 Å². The van der Waals surface area contributed by atoms with Crippen molar-refractivity contribution in [3.05, 3.63) is 46.3 Å². The van der Waals surface area contributed by atoms with Gasteiger partial charge in [-0.2, -0.15) is 0 Å². The Bertz CT molecular complexity index is 499. The van der Waals surface area contributed by atoms with Crippen molar-refractivity contribution in [2.75, 3.05) is 6.54 Å². The molecule has 1 heterocycles. The van der Waals surface area contributed by atoms with Crippen molar-refractivity contribution < 1.29 is 0 Å². The fourth-order valence-corrected chi connectivity index (χ4v) is 2.95. The number of nitrogens with one attached hydrogen (secondary N) is 1. The summed E-state index contributed by atoms with van der Waals surface area (Å²) in [5, 5.41) is 5.54. The van der Waals surface area contributed by atoms with Crippen LogP contribution in [0.5, 0.6) is 0 Å². The van der Waals surface area contributed by atoms with E-state index in [1.807, 2.05) is 11.3 Å². The fraction of sp³-hybridized carbons (Fsp3) is 0.333. The minimum Gasteiger partial charge on any atom is -0.313 e.